The molecule has 20 heavy (non-hydrogen) atoms. The Morgan fingerprint density at radius 2 is 2.00 bits per heavy atom. The quantitative estimate of drug-likeness (QED) is 0.657. The fourth-order valence-electron chi connectivity index (χ4n) is 1.57. The molecule has 6 nitrogen and oxygen atoms in total. The van der Waals surface area contributed by atoms with Gasteiger partial charge >= 0.3 is 6.18 Å². The summed E-state index contributed by atoms with van der Waals surface area (Å²) in [6.45, 7) is 0.766. The van der Waals surface area contributed by atoms with E-state index in [-0.39, 0.29) is 18.5 Å². The first-order chi connectivity index (χ1) is 8.79. The summed E-state index contributed by atoms with van der Waals surface area (Å²) in [7, 11) is 0. The SMILES string of the molecule is C[C@H]1OCCN[C@@H]1C(=O)NCC(=O)NCC(F)(F)F.Cl. The van der Waals surface area contributed by atoms with Crippen molar-refractivity contribution in [3.8, 4) is 0 Å². The predicted octanol–water partition coefficient (Wildman–Crippen LogP) is -0.420. The first kappa shape index (κ1) is 18.9. The van der Waals surface area contributed by atoms with E-state index in [4.69, 9.17) is 4.74 Å². The van der Waals surface area contributed by atoms with Crippen LogP contribution in [0.2, 0.25) is 0 Å². The fraction of sp³-hybridized carbons (Fsp3) is 0.800. The lowest BCUT2D eigenvalue weighted by Gasteiger charge is -2.29. The van der Waals surface area contributed by atoms with Gasteiger partial charge < -0.3 is 20.7 Å². The predicted molar refractivity (Wildman–Crippen MR) is 66.5 cm³/mol. The van der Waals surface area contributed by atoms with Crippen LogP contribution in [0, 0.1) is 0 Å². The molecule has 0 unspecified atom stereocenters. The first-order valence-corrected chi connectivity index (χ1v) is 5.76. The van der Waals surface area contributed by atoms with Gasteiger partial charge in [-0.15, -0.1) is 12.4 Å². The summed E-state index contributed by atoms with van der Waals surface area (Å²) < 4.78 is 40.7. The van der Waals surface area contributed by atoms with E-state index in [1.54, 1.807) is 12.2 Å². The molecule has 2 amide bonds. The maximum atomic E-state index is 11.8. The van der Waals surface area contributed by atoms with Gasteiger partial charge in [-0.2, -0.15) is 13.2 Å². The molecule has 0 radical (unpaired) electrons. The van der Waals surface area contributed by atoms with Crippen molar-refractivity contribution in [2.24, 2.45) is 0 Å². The van der Waals surface area contributed by atoms with Gasteiger partial charge in [-0.3, -0.25) is 9.59 Å². The summed E-state index contributed by atoms with van der Waals surface area (Å²) in [5.41, 5.74) is 0. The van der Waals surface area contributed by atoms with Gasteiger partial charge in [-0.1, -0.05) is 0 Å². The van der Waals surface area contributed by atoms with E-state index in [1.807, 2.05) is 0 Å². The van der Waals surface area contributed by atoms with Gasteiger partial charge in [0.25, 0.3) is 0 Å². The Morgan fingerprint density at radius 3 is 2.55 bits per heavy atom. The zero-order valence-electron chi connectivity index (χ0n) is 10.8. The van der Waals surface area contributed by atoms with Crippen LogP contribution in [0.1, 0.15) is 6.92 Å². The molecule has 0 aromatic rings. The molecule has 3 N–H and O–H groups in total. The lowest BCUT2D eigenvalue weighted by atomic mass is 10.1. The molecule has 0 bridgehead atoms. The average Bonchev–Trinajstić information content (AvgIpc) is 2.33. The third-order valence-electron chi connectivity index (χ3n) is 2.51. The number of rotatable bonds is 4. The number of hydrogen-bond donors (Lipinski definition) is 3. The van der Waals surface area contributed by atoms with Crippen LogP contribution in [0.25, 0.3) is 0 Å². The molecule has 0 aromatic carbocycles. The highest BCUT2D eigenvalue weighted by molar-refractivity contribution is 5.87. The van der Waals surface area contributed by atoms with Crippen molar-refractivity contribution in [1.29, 1.82) is 0 Å². The van der Waals surface area contributed by atoms with Crippen molar-refractivity contribution in [1.82, 2.24) is 16.0 Å². The molecule has 2 atom stereocenters. The van der Waals surface area contributed by atoms with Gasteiger partial charge in [0.15, 0.2) is 0 Å². The lowest BCUT2D eigenvalue weighted by molar-refractivity contribution is -0.139. The smallest absolute Gasteiger partial charge is 0.375 e. The van der Waals surface area contributed by atoms with Gasteiger partial charge in [-0.25, -0.2) is 0 Å². The van der Waals surface area contributed by atoms with Crippen LogP contribution in [0.15, 0.2) is 0 Å². The van der Waals surface area contributed by atoms with Crippen LogP contribution < -0.4 is 16.0 Å². The average molecular weight is 320 g/mol. The second-order valence-corrected chi connectivity index (χ2v) is 4.12. The van der Waals surface area contributed by atoms with Crippen molar-refractivity contribution in [2.45, 2.75) is 25.2 Å². The van der Waals surface area contributed by atoms with E-state index < -0.39 is 37.1 Å². The second-order valence-electron chi connectivity index (χ2n) is 4.12. The van der Waals surface area contributed by atoms with Crippen LogP contribution in [0.5, 0.6) is 0 Å². The molecule has 1 aliphatic heterocycles. The standard InChI is InChI=1S/C10H16F3N3O3.ClH/c1-6-8(14-2-3-19-6)9(18)15-4-7(17)16-5-10(11,12)13;/h6,8,14H,2-5H2,1H3,(H,15,18)(H,16,17);1H/t6-,8+;/m1./s1. The minimum atomic E-state index is -4.47. The number of amides is 2. The number of ether oxygens (including phenoxy) is 1. The van der Waals surface area contributed by atoms with Gasteiger partial charge in [0, 0.05) is 6.54 Å². The Balaban J connectivity index is 0.00000361. The molecular weight excluding hydrogens is 303 g/mol. The Hall–Kier alpha value is -1.06. The van der Waals surface area contributed by atoms with E-state index in [1.165, 1.54) is 0 Å². The maximum Gasteiger partial charge on any atom is 0.405 e. The molecule has 0 aromatic heterocycles. The Morgan fingerprint density at radius 1 is 1.35 bits per heavy atom. The number of nitrogens with one attached hydrogen (secondary N) is 3. The minimum Gasteiger partial charge on any atom is -0.375 e. The topological polar surface area (TPSA) is 79.5 Å². The summed E-state index contributed by atoms with van der Waals surface area (Å²) in [6.07, 6.45) is -4.82. The molecular formula is C10H17ClF3N3O3. The van der Waals surface area contributed by atoms with Crippen molar-refractivity contribution in [3.63, 3.8) is 0 Å². The summed E-state index contributed by atoms with van der Waals surface area (Å²) >= 11 is 0. The Bertz CT molecular complexity index is 341. The second kappa shape index (κ2) is 8.28. The van der Waals surface area contributed by atoms with Gasteiger partial charge in [0.1, 0.15) is 12.6 Å². The molecule has 10 heteroatoms. The molecule has 118 valence electrons. The van der Waals surface area contributed by atoms with Crippen LogP contribution >= 0.6 is 12.4 Å². The summed E-state index contributed by atoms with van der Waals surface area (Å²) in [4.78, 5) is 22.7. The highest BCUT2D eigenvalue weighted by Crippen LogP contribution is 2.11. The van der Waals surface area contributed by atoms with Crippen molar-refractivity contribution in [3.05, 3.63) is 0 Å². The molecule has 0 spiro atoms. The van der Waals surface area contributed by atoms with E-state index in [2.05, 4.69) is 10.6 Å². The summed E-state index contributed by atoms with van der Waals surface area (Å²) in [5.74, 6) is -1.37. The summed E-state index contributed by atoms with van der Waals surface area (Å²) in [5, 5.41) is 6.82. The van der Waals surface area contributed by atoms with E-state index in [0.717, 1.165) is 0 Å². The number of hydrogen-bond acceptors (Lipinski definition) is 4. The van der Waals surface area contributed by atoms with E-state index >= 15 is 0 Å². The number of morpholine rings is 1. The Kier molecular flexibility index (Phi) is 7.84. The van der Waals surface area contributed by atoms with Gasteiger partial charge in [0.2, 0.25) is 11.8 Å². The van der Waals surface area contributed by atoms with Crippen molar-refractivity contribution in [2.75, 3.05) is 26.2 Å². The summed E-state index contributed by atoms with van der Waals surface area (Å²) in [6, 6.07) is -0.607. The number of halogens is 4. The molecule has 0 saturated carbocycles. The van der Waals surface area contributed by atoms with Gasteiger partial charge in [0.05, 0.1) is 19.3 Å². The van der Waals surface area contributed by atoms with Gasteiger partial charge in [-0.05, 0) is 6.92 Å². The number of alkyl halides is 3. The fourth-order valence-corrected chi connectivity index (χ4v) is 1.57. The van der Waals surface area contributed by atoms with E-state index in [9.17, 15) is 22.8 Å². The molecule has 1 rings (SSSR count). The Labute approximate surface area is 120 Å². The largest absolute Gasteiger partial charge is 0.405 e. The molecule has 1 aliphatic rings. The maximum absolute atomic E-state index is 11.8. The number of carbonyl (C=O) groups is 2. The monoisotopic (exact) mass is 319 g/mol. The third-order valence-corrected chi connectivity index (χ3v) is 2.51. The molecule has 0 aliphatic carbocycles. The molecule has 1 heterocycles. The zero-order chi connectivity index (χ0) is 14.5. The van der Waals surface area contributed by atoms with Crippen LogP contribution in [-0.2, 0) is 14.3 Å². The van der Waals surface area contributed by atoms with E-state index in [0.29, 0.717) is 13.2 Å². The van der Waals surface area contributed by atoms with Crippen LogP contribution in [0.3, 0.4) is 0 Å². The normalized spacial score (nSPS) is 22.6. The third kappa shape index (κ3) is 6.92. The first-order valence-electron chi connectivity index (χ1n) is 5.76. The number of carbonyl (C=O) groups excluding carboxylic acids is 2. The van der Waals surface area contributed by atoms with Crippen molar-refractivity contribution < 1.29 is 27.5 Å². The van der Waals surface area contributed by atoms with Crippen LogP contribution in [-0.4, -0.2) is 56.4 Å². The van der Waals surface area contributed by atoms with Crippen LogP contribution in [0.4, 0.5) is 13.2 Å². The van der Waals surface area contributed by atoms with Crippen molar-refractivity contribution >= 4 is 24.2 Å². The highest BCUT2D eigenvalue weighted by atomic mass is 35.5. The molecule has 1 saturated heterocycles. The lowest BCUT2D eigenvalue weighted by Crippen LogP contribution is -2.56. The highest BCUT2D eigenvalue weighted by Gasteiger charge is 2.29. The minimum absolute atomic E-state index is 0. The molecule has 1 fully saturated rings. The zero-order valence-corrected chi connectivity index (χ0v) is 11.6.